The molecular weight excluding hydrogens is 216 g/mol. The highest BCUT2D eigenvalue weighted by atomic mass is 14.4. The SMILES string of the molecule is CCC1(c2ccccc2)CCCC2CC=CC=C21. The number of hydrogen-bond acceptors (Lipinski definition) is 0. The average molecular weight is 238 g/mol. The molecule has 0 heterocycles. The number of allylic oxidation sites excluding steroid dienone is 4. The lowest BCUT2D eigenvalue weighted by molar-refractivity contribution is 0.308. The summed E-state index contributed by atoms with van der Waals surface area (Å²) in [6, 6.07) is 11.2. The molecule has 2 unspecified atom stereocenters. The van der Waals surface area contributed by atoms with Gasteiger partial charge in [0, 0.05) is 5.41 Å². The molecule has 1 saturated carbocycles. The van der Waals surface area contributed by atoms with Gasteiger partial charge in [-0.2, -0.15) is 0 Å². The lowest BCUT2D eigenvalue weighted by atomic mass is 9.59. The smallest absolute Gasteiger partial charge is 0.0165 e. The van der Waals surface area contributed by atoms with Crippen molar-refractivity contribution in [3.05, 3.63) is 59.7 Å². The maximum Gasteiger partial charge on any atom is 0.0165 e. The van der Waals surface area contributed by atoms with Gasteiger partial charge in [0.2, 0.25) is 0 Å². The van der Waals surface area contributed by atoms with Crippen molar-refractivity contribution in [2.24, 2.45) is 5.92 Å². The van der Waals surface area contributed by atoms with Gasteiger partial charge in [-0.25, -0.2) is 0 Å². The van der Waals surface area contributed by atoms with Crippen LogP contribution in [0.15, 0.2) is 54.1 Å². The maximum absolute atomic E-state index is 2.41. The van der Waals surface area contributed by atoms with Gasteiger partial charge >= 0.3 is 0 Å². The van der Waals surface area contributed by atoms with Crippen LogP contribution in [0.25, 0.3) is 0 Å². The van der Waals surface area contributed by atoms with E-state index in [0.717, 1.165) is 5.92 Å². The van der Waals surface area contributed by atoms with E-state index in [0.29, 0.717) is 5.41 Å². The van der Waals surface area contributed by atoms with Gasteiger partial charge < -0.3 is 0 Å². The second kappa shape index (κ2) is 4.76. The monoisotopic (exact) mass is 238 g/mol. The maximum atomic E-state index is 2.41. The molecule has 0 saturated heterocycles. The fourth-order valence-corrected chi connectivity index (χ4v) is 3.95. The van der Waals surface area contributed by atoms with Crippen molar-refractivity contribution in [1.29, 1.82) is 0 Å². The molecule has 0 N–H and O–H groups in total. The first-order chi connectivity index (χ1) is 8.87. The van der Waals surface area contributed by atoms with Gasteiger partial charge in [-0.05, 0) is 37.2 Å². The summed E-state index contributed by atoms with van der Waals surface area (Å²) in [6.45, 7) is 2.36. The predicted molar refractivity (Wildman–Crippen MR) is 77.6 cm³/mol. The minimum atomic E-state index is 0.314. The Morgan fingerprint density at radius 2 is 2.06 bits per heavy atom. The van der Waals surface area contributed by atoms with E-state index in [2.05, 4.69) is 55.5 Å². The molecule has 0 heteroatoms. The van der Waals surface area contributed by atoms with E-state index in [1.54, 1.807) is 5.57 Å². The van der Waals surface area contributed by atoms with Gasteiger partial charge in [-0.3, -0.25) is 0 Å². The highest BCUT2D eigenvalue weighted by molar-refractivity contribution is 5.42. The van der Waals surface area contributed by atoms with Gasteiger partial charge in [-0.15, -0.1) is 0 Å². The molecular formula is C18H22. The zero-order chi connectivity index (χ0) is 12.4. The number of hydrogen-bond donors (Lipinski definition) is 0. The third-order valence-corrected chi connectivity index (χ3v) is 4.91. The molecule has 18 heavy (non-hydrogen) atoms. The van der Waals surface area contributed by atoms with Crippen LogP contribution in [-0.4, -0.2) is 0 Å². The molecule has 0 amide bonds. The zero-order valence-corrected chi connectivity index (χ0v) is 11.2. The van der Waals surface area contributed by atoms with Crippen LogP contribution in [0.4, 0.5) is 0 Å². The number of fused-ring (bicyclic) bond motifs is 1. The number of benzene rings is 1. The van der Waals surface area contributed by atoms with E-state index in [-0.39, 0.29) is 0 Å². The molecule has 0 spiro atoms. The lowest BCUT2D eigenvalue weighted by Crippen LogP contribution is -2.36. The van der Waals surface area contributed by atoms with Crippen molar-refractivity contribution in [2.75, 3.05) is 0 Å². The second-order valence-corrected chi connectivity index (χ2v) is 5.68. The third kappa shape index (κ3) is 1.75. The minimum absolute atomic E-state index is 0.314. The van der Waals surface area contributed by atoms with Crippen LogP contribution in [0, 0.1) is 5.92 Å². The first kappa shape index (κ1) is 11.8. The molecule has 0 radical (unpaired) electrons. The largest absolute Gasteiger partial charge is 0.0839 e. The summed E-state index contributed by atoms with van der Waals surface area (Å²) in [7, 11) is 0. The molecule has 1 aromatic carbocycles. The van der Waals surface area contributed by atoms with E-state index in [9.17, 15) is 0 Å². The standard InChI is InChI=1S/C18H22/c1-2-18(16-11-4-3-5-12-16)14-8-10-15-9-6-7-13-17(15)18/h3-7,11-13,15H,2,8-10,14H2,1H3. The molecule has 0 aliphatic heterocycles. The summed E-state index contributed by atoms with van der Waals surface area (Å²) in [4.78, 5) is 0. The summed E-state index contributed by atoms with van der Waals surface area (Å²) in [6.07, 6.45) is 13.6. The molecule has 1 fully saturated rings. The van der Waals surface area contributed by atoms with Crippen molar-refractivity contribution in [1.82, 2.24) is 0 Å². The second-order valence-electron chi connectivity index (χ2n) is 5.68. The molecule has 0 bridgehead atoms. The summed E-state index contributed by atoms with van der Waals surface area (Å²) >= 11 is 0. The Morgan fingerprint density at radius 3 is 2.83 bits per heavy atom. The Hall–Kier alpha value is -1.30. The minimum Gasteiger partial charge on any atom is -0.0839 e. The number of rotatable bonds is 2. The van der Waals surface area contributed by atoms with E-state index >= 15 is 0 Å². The predicted octanol–water partition coefficient (Wildman–Crippen LogP) is 5.02. The van der Waals surface area contributed by atoms with Gasteiger partial charge in [-0.1, -0.05) is 67.5 Å². The van der Waals surface area contributed by atoms with Crippen molar-refractivity contribution in [3.8, 4) is 0 Å². The Kier molecular flexibility index (Phi) is 3.11. The van der Waals surface area contributed by atoms with E-state index < -0.39 is 0 Å². The molecule has 1 aromatic rings. The van der Waals surface area contributed by atoms with Crippen molar-refractivity contribution in [2.45, 2.75) is 44.4 Å². The average Bonchev–Trinajstić information content (AvgIpc) is 2.47. The Bertz CT molecular complexity index is 466. The van der Waals surface area contributed by atoms with Gasteiger partial charge in [0.15, 0.2) is 0 Å². The van der Waals surface area contributed by atoms with Crippen LogP contribution in [0.3, 0.4) is 0 Å². The van der Waals surface area contributed by atoms with Gasteiger partial charge in [0.1, 0.15) is 0 Å². The third-order valence-electron chi connectivity index (χ3n) is 4.91. The molecule has 3 rings (SSSR count). The van der Waals surface area contributed by atoms with E-state index in [4.69, 9.17) is 0 Å². The Balaban J connectivity index is 2.09. The van der Waals surface area contributed by atoms with Crippen LogP contribution in [0.2, 0.25) is 0 Å². The van der Waals surface area contributed by atoms with Crippen LogP contribution in [0.5, 0.6) is 0 Å². The van der Waals surface area contributed by atoms with E-state index in [1.807, 2.05) is 0 Å². The molecule has 2 aliphatic carbocycles. The normalized spacial score (nSPS) is 30.7. The highest BCUT2D eigenvalue weighted by Gasteiger charge is 2.40. The first-order valence-electron chi connectivity index (χ1n) is 7.29. The molecule has 94 valence electrons. The van der Waals surface area contributed by atoms with E-state index in [1.165, 1.54) is 37.7 Å². The van der Waals surface area contributed by atoms with Crippen LogP contribution in [0.1, 0.15) is 44.6 Å². The van der Waals surface area contributed by atoms with Crippen molar-refractivity contribution < 1.29 is 0 Å². The Morgan fingerprint density at radius 1 is 1.22 bits per heavy atom. The fraction of sp³-hybridized carbons (Fsp3) is 0.444. The summed E-state index contributed by atoms with van der Waals surface area (Å²) in [5.74, 6) is 0.795. The quantitative estimate of drug-likeness (QED) is 0.678. The lowest BCUT2D eigenvalue weighted by Gasteiger charge is -2.45. The van der Waals surface area contributed by atoms with Crippen LogP contribution < -0.4 is 0 Å². The Labute approximate surface area is 110 Å². The summed E-state index contributed by atoms with van der Waals surface area (Å²) in [5, 5.41) is 0. The fourth-order valence-electron chi connectivity index (χ4n) is 3.95. The van der Waals surface area contributed by atoms with Crippen LogP contribution in [-0.2, 0) is 5.41 Å². The van der Waals surface area contributed by atoms with Crippen LogP contribution >= 0.6 is 0 Å². The zero-order valence-electron chi connectivity index (χ0n) is 11.2. The van der Waals surface area contributed by atoms with Gasteiger partial charge in [0.25, 0.3) is 0 Å². The van der Waals surface area contributed by atoms with Crippen molar-refractivity contribution >= 4 is 0 Å². The first-order valence-corrected chi connectivity index (χ1v) is 7.29. The highest BCUT2D eigenvalue weighted by Crippen LogP contribution is 2.50. The molecule has 2 aliphatic rings. The molecule has 0 aromatic heterocycles. The summed E-state index contributed by atoms with van der Waals surface area (Å²) in [5.41, 5.74) is 3.54. The molecule has 2 atom stereocenters. The molecule has 0 nitrogen and oxygen atoms in total. The topological polar surface area (TPSA) is 0 Å². The summed E-state index contributed by atoms with van der Waals surface area (Å²) < 4.78 is 0. The van der Waals surface area contributed by atoms with Gasteiger partial charge in [0.05, 0.1) is 0 Å². The van der Waals surface area contributed by atoms with Crippen molar-refractivity contribution in [3.63, 3.8) is 0 Å².